The van der Waals surface area contributed by atoms with Crippen LogP contribution in [0.3, 0.4) is 0 Å². The highest BCUT2D eigenvalue weighted by atomic mass is 19.1. The van der Waals surface area contributed by atoms with Gasteiger partial charge in [-0.25, -0.2) is 9.37 Å². The molecule has 0 N–H and O–H groups in total. The Labute approximate surface area is 155 Å². The predicted molar refractivity (Wildman–Crippen MR) is 103 cm³/mol. The third kappa shape index (κ3) is 2.58. The molecule has 4 nitrogen and oxygen atoms in total. The van der Waals surface area contributed by atoms with Crippen molar-refractivity contribution < 1.29 is 9.18 Å². The maximum Gasteiger partial charge on any atom is 0.255 e. The first-order valence-corrected chi connectivity index (χ1v) is 9.16. The number of carbonyl (C=O) groups excluding carboxylic acids is 1. The molecule has 0 radical (unpaired) electrons. The summed E-state index contributed by atoms with van der Waals surface area (Å²) in [5.74, 6) is 0.369. The van der Waals surface area contributed by atoms with Gasteiger partial charge >= 0.3 is 0 Å². The van der Waals surface area contributed by atoms with E-state index >= 15 is 0 Å². The van der Waals surface area contributed by atoms with E-state index in [4.69, 9.17) is 0 Å². The number of hydrogen-bond acceptors (Lipinski definition) is 2. The number of pyridine rings is 1. The lowest BCUT2D eigenvalue weighted by molar-refractivity contribution is 0.0794. The van der Waals surface area contributed by atoms with E-state index in [1.165, 1.54) is 12.1 Å². The van der Waals surface area contributed by atoms with E-state index in [2.05, 4.69) is 4.98 Å². The quantitative estimate of drug-likeness (QED) is 0.527. The minimum atomic E-state index is -0.307. The van der Waals surface area contributed by atoms with E-state index in [1.54, 1.807) is 12.3 Å². The summed E-state index contributed by atoms with van der Waals surface area (Å²) in [6.07, 6.45) is 5.73. The number of imidazole rings is 1. The molecular weight excluding hydrogens is 341 g/mol. The fourth-order valence-electron chi connectivity index (χ4n) is 3.93. The molecule has 2 aromatic heterocycles. The average molecular weight is 359 g/mol. The summed E-state index contributed by atoms with van der Waals surface area (Å²) in [6, 6.07) is 14.3. The summed E-state index contributed by atoms with van der Waals surface area (Å²) < 4.78 is 15.6. The van der Waals surface area contributed by atoms with Crippen molar-refractivity contribution in [1.82, 2.24) is 14.3 Å². The van der Waals surface area contributed by atoms with Crippen LogP contribution in [-0.4, -0.2) is 33.3 Å². The van der Waals surface area contributed by atoms with E-state index in [0.29, 0.717) is 17.0 Å². The van der Waals surface area contributed by atoms with Crippen LogP contribution in [0, 0.1) is 5.82 Å². The lowest BCUT2D eigenvalue weighted by atomic mass is 10.1. The van der Waals surface area contributed by atoms with Crippen molar-refractivity contribution in [1.29, 1.82) is 0 Å². The minimum Gasteiger partial charge on any atom is -0.339 e. The maximum atomic E-state index is 13.7. The molecule has 0 bridgehead atoms. The molecule has 134 valence electrons. The van der Waals surface area contributed by atoms with Gasteiger partial charge in [-0.3, -0.25) is 9.20 Å². The zero-order valence-electron chi connectivity index (χ0n) is 14.7. The number of benzene rings is 2. The molecule has 0 unspecified atom stereocenters. The van der Waals surface area contributed by atoms with Gasteiger partial charge in [-0.05, 0) is 30.4 Å². The normalized spacial score (nSPS) is 14.3. The number of fused-ring (bicyclic) bond motifs is 3. The first-order chi connectivity index (χ1) is 13.2. The van der Waals surface area contributed by atoms with Crippen molar-refractivity contribution in [3.63, 3.8) is 0 Å². The van der Waals surface area contributed by atoms with E-state index in [0.717, 1.165) is 42.2 Å². The van der Waals surface area contributed by atoms with Gasteiger partial charge in [0.25, 0.3) is 5.91 Å². The number of hydrogen-bond donors (Lipinski definition) is 0. The molecule has 3 heterocycles. The van der Waals surface area contributed by atoms with Crippen LogP contribution >= 0.6 is 0 Å². The Kier molecular flexibility index (Phi) is 3.67. The molecule has 1 aliphatic rings. The Bertz CT molecular complexity index is 1170. The molecule has 1 saturated heterocycles. The first-order valence-electron chi connectivity index (χ1n) is 9.16. The molecule has 4 aromatic rings. The van der Waals surface area contributed by atoms with Crippen LogP contribution in [0.5, 0.6) is 0 Å². The summed E-state index contributed by atoms with van der Waals surface area (Å²) in [7, 11) is 0. The second-order valence-corrected chi connectivity index (χ2v) is 6.94. The van der Waals surface area contributed by atoms with Crippen LogP contribution in [0.2, 0.25) is 0 Å². The van der Waals surface area contributed by atoms with Crippen molar-refractivity contribution in [2.75, 3.05) is 13.1 Å². The Hall–Kier alpha value is -3.21. The highest BCUT2D eigenvalue weighted by molar-refractivity contribution is 6.11. The molecule has 2 aromatic carbocycles. The van der Waals surface area contributed by atoms with Crippen LogP contribution in [0.4, 0.5) is 4.39 Å². The highest BCUT2D eigenvalue weighted by Gasteiger charge is 2.23. The number of carbonyl (C=O) groups is 1. The number of halogens is 1. The summed E-state index contributed by atoms with van der Waals surface area (Å²) in [4.78, 5) is 19.6. The zero-order valence-corrected chi connectivity index (χ0v) is 14.7. The molecule has 0 spiro atoms. The van der Waals surface area contributed by atoms with Crippen LogP contribution in [0.15, 0.2) is 60.9 Å². The predicted octanol–water partition coefficient (Wildman–Crippen LogP) is 4.53. The van der Waals surface area contributed by atoms with Crippen molar-refractivity contribution in [2.24, 2.45) is 0 Å². The van der Waals surface area contributed by atoms with E-state index in [-0.39, 0.29) is 11.7 Å². The smallest absolute Gasteiger partial charge is 0.255 e. The lowest BCUT2D eigenvalue weighted by Gasteiger charge is -2.17. The van der Waals surface area contributed by atoms with Crippen molar-refractivity contribution in [3.8, 4) is 11.4 Å². The second-order valence-electron chi connectivity index (χ2n) is 6.94. The minimum absolute atomic E-state index is 0.0458. The van der Waals surface area contributed by atoms with Gasteiger partial charge in [0.15, 0.2) is 0 Å². The van der Waals surface area contributed by atoms with Crippen LogP contribution in [0.1, 0.15) is 23.2 Å². The molecule has 1 aliphatic heterocycles. The fraction of sp³-hybridized carbons (Fsp3) is 0.182. The molecule has 0 aliphatic carbocycles. The fourth-order valence-corrected chi connectivity index (χ4v) is 3.93. The molecule has 27 heavy (non-hydrogen) atoms. The Morgan fingerprint density at radius 2 is 1.78 bits per heavy atom. The van der Waals surface area contributed by atoms with Gasteiger partial charge in [-0.2, -0.15) is 0 Å². The third-order valence-electron chi connectivity index (χ3n) is 5.25. The molecular formula is C22H18FN3O. The monoisotopic (exact) mass is 359 g/mol. The van der Waals surface area contributed by atoms with Crippen LogP contribution < -0.4 is 0 Å². The Balaban J connectivity index is 1.78. The number of nitrogens with zero attached hydrogens (tertiary/aromatic N) is 3. The topological polar surface area (TPSA) is 37.6 Å². The Morgan fingerprint density at radius 3 is 2.56 bits per heavy atom. The second kappa shape index (κ2) is 6.20. The third-order valence-corrected chi connectivity index (χ3v) is 5.25. The van der Waals surface area contributed by atoms with Gasteiger partial charge in [-0.15, -0.1) is 0 Å². The van der Waals surface area contributed by atoms with Gasteiger partial charge in [0.2, 0.25) is 0 Å². The van der Waals surface area contributed by atoms with Crippen molar-refractivity contribution in [3.05, 3.63) is 72.3 Å². The van der Waals surface area contributed by atoms with E-state index < -0.39 is 0 Å². The molecule has 1 amide bonds. The van der Waals surface area contributed by atoms with Crippen molar-refractivity contribution in [2.45, 2.75) is 12.8 Å². The van der Waals surface area contributed by atoms with Crippen LogP contribution in [0.25, 0.3) is 27.7 Å². The SMILES string of the molecule is O=C(c1cn2c(-c3cccc(F)c3)ncc2c2ccccc12)N1CCCC1. The van der Waals surface area contributed by atoms with Crippen LogP contribution in [-0.2, 0) is 0 Å². The van der Waals surface area contributed by atoms with E-state index in [9.17, 15) is 9.18 Å². The standard InChI is InChI=1S/C22H18FN3O/c23-16-7-5-6-15(12-16)21-24-13-20-18-9-2-1-8-17(18)19(14-26(20)21)22(27)25-10-3-4-11-25/h1-2,5-9,12-14H,3-4,10-11H2. The maximum absolute atomic E-state index is 13.7. The molecule has 0 saturated carbocycles. The summed E-state index contributed by atoms with van der Waals surface area (Å²) in [6.45, 7) is 1.59. The number of likely N-dealkylation sites (tertiary alicyclic amines) is 1. The summed E-state index contributed by atoms with van der Waals surface area (Å²) in [5.41, 5.74) is 2.25. The van der Waals surface area contributed by atoms with E-state index in [1.807, 2.05) is 45.8 Å². The van der Waals surface area contributed by atoms with Gasteiger partial charge in [0.1, 0.15) is 11.6 Å². The Morgan fingerprint density at radius 1 is 1.00 bits per heavy atom. The number of amides is 1. The molecule has 5 rings (SSSR count). The molecule has 1 fully saturated rings. The largest absolute Gasteiger partial charge is 0.339 e. The van der Waals surface area contributed by atoms with Gasteiger partial charge in [-0.1, -0.05) is 36.4 Å². The van der Waals surface area contributed by atoms with Gasteiger partial charge in [0.05, 0.1) is 17.3 Å². The highest BCUT2D eigenvalue weighted by Crippen LogP contribution is 2.29. The van der Waals surface area contributed by atoms with Gasteiger partial charge < -0.3 is 4.90 Å². The molecule has 0 atom stereocenters. The first kappa shape index (κ1) is 16.0. The number of aromatic nitrogens is 2. The average Bonchev–Trinajstić information content (AvgIpc) is 3.37. The molecule has 5 heteroatoms. The summed E-state index contributed by atoms with van der Waals surface area (Å²) >= 11 is 0. The summed E-state index contributed by atoms with van der Waals surface area (Å²) in [5, 5.41) is 1.89. The zero-order chi connectivity index (χ0) is 18.4. The lowest BCUT2D eigenvalue weighted by Crippen LogP contribution is -2.28. The van der Waals surface area contributed by atoms with Crippen molar-refractivity contribution >= 4 is 22.2 Å². The number of rotatable bonds is 2. The van der Waals surface area contributed by atoms with Gasteiger partial charge in [0, 0.05) is 30.2 Å².